The van der Waals surface area contributed by atoms with E-state index < -0.39 is 0 Å². The lowest BCUT2D eigenvalue weighted by atomic mass is 10.1. The van der Waals surface area contributed by atoms with Crippen molar-refractivity contribution in [3.8, 4) is 11.5 Å². The fraction of sp³-hybridized carbons (Fsp3) is 0.250. The van der Waals surface area contributed by atoms with Gasteiger partial charge < -0.3 is 15.2 Å². The third kappa shape index (κ3) is 3.63. The number of benzene rings is 2. The van der Waals surface area contributed by atoms with Crippen LogP contribution in [0.4, 0.5) is 10.1 Å². The summed E-state index contributed by atoms with van der Waals surface area (Å²) in [5.41, 5.74) is 1.83. The second-order valence-corrected chi connectivity index (χ2v) is 4.77. The molecule has 2 N–H and O–H groups in total. The first-order chi connectivity index (χ1) is 9.58. The maximum absolute atomic E-state index is 13.6. The normalized spacial score (nSPS) is 11.9. The van der Waals surface area contributed by atoms with E-state index in [2.05, 4.69) is 5.32 Å². The van der Waals surface area contributed by atoms with Crippen LogP contribution in [0.2, 0.25) is 0 Å². The van der Waals surface area contributed by atoms with E-state index in [9.17, 15) is 9.50 Å². The molecule has 0 saturated heterocycles. The van der Waals surface area contributed by atoms with Crippen LogP contribution in [0.15, 0.2) is 42.5 Å². The molecular formula is C16H18FNO2. The predicted molar refractivity (Wildman–Crippen MR) is 77.8 cm³/mol. The van der Waals surface area contributed by atoms with Crippen LogP contribution in [-0.4, -0.2) is 18.3 Å². The van der Waals surface area contributed by atoms with Crippen molar-refractivity contribution in [1.29, 1.82) is 0 Å². The van der Waals surface area contributed by atoms with E-state index >= 15 is 0 Å². The molecule has 1 unspecified atom stereocenters. The maximum Gasteiger partial charge on any atom is 0.167 e. The van der Waals surface area contributed by atoms with Crippen molar-refractivity contribution >= 4 is 5.69 Å². The molecule has 0 heterocycles. The van der Waals surface area contributed by atoms with Gasteiger partial charge in [-0.25, -0.2) is 4.39 Å². The van der Waals surface area contributed by atoms with Gasteiger partial charge in [0.05, 0.1) is 7.11 Å². The zero-order chi connectivity index (χ0) is 14.5. The number of nitrogens with one attached hydrogen (secondary N) is 1. The molecule has 0 fully saturated rings. The summed E-state index contributed by atoms with van der Waals surface area (Å²) in [4.78, 5) is 0. The largest absolute Gasteiger partial charge is 0.508 e. The van der Waals surface area contributed by atoms with Crippen LogP contribution in [0.5, 0.6) is 11.5 Å². The van der Waals surface area contributed by atoms with Gasteiger partial charge in [-0.1, -0.05) is 12.1 Å². The molecule has 4 heteroatoms. The molecule has 2 aromatic carbocycles. The Morgan fingerprint density at radius 2 is 1.90 bits per heavy atom. The molecule has 106 valence electrons. The Morgan fingerprint density at radius 3 is 2.50 bits per heavy atom. The third-order valence-electron chi connectivity index (χ3n) is 3.04. The average Bonchev–Trinajstić information content (AvgIpc) is 2.41. The highest BCUT2D eigenvalue weighted by atomic mass is 19.1. The van der Waals surface area contributed by atoms with E-state index in [-0.39, 0.29) is 23.4 Å². The van der Waals surface area contributed by atoms with Crippen molar-refractivity contribution < 1.29 is 14.2 Å². The van der Waals surface area contributed by atoms with Gasteiger partial charge in [-0.2, -0.15) is 0 Å². The topological polar surface area (TPSA) is 41.5 Å². The second-order valence-electron chi connectivity index (χ2n) is 4.77. The van der Waals surface area contributed by atoms with E-state index in [0.717, 1.165) is 17.7 Å². The summed E-state index contributed by atoms with van der Waals surface area (Å²) in [7, 11) is 1.44. The van der Waals surface area contributed by atoms with E-state index in [0.29, 0.717) is 0 Å². The highest BCUT2D eigenvalue weighted by molar-refractivity contribution is 5.48. The van der Waals surface area contributed by atoms with Crippen molar-refractivity contribution in [3.63, 3.8) is 0 Å². The van der Waals surface area contributed by atoms with Gasteiger partial charge in [-0.05, 0) is 43.2 Å². The Labute approximate surface area is 118 Å². The monoisotopic (exact) mass is 275 g/mol. The molecule has 2 rings (SSSR count). The maximum atomic E-state index is 13.6. The number of halogens is 1. The number of phenols is 1. The van der Waals surface area contributed by atoms with E-state index in [4.69, 9.17) is 4.74 Å². The van der Waals surface area contributed by atoms with E-state index in [1.807, 2.05) is 19.1 Å². The van der Waals surface area contributed by atoms with Crippen molar-refractivity contribution in [2.45, 2.75) is 19.4 Å². The van der Waals surface area contributed by atoms with Crippen LogP contribution in [-0.2, 0) is 6.42 Å². The molecular weight excluding hydrogens is 257 g/mol. The minimum absolute atomic E-state index is 0.146. The van der Waals surface area contributed by atoms with Gasteiger partial charge in [0, 0.05) is 17.8 Å². The number of hydrogen-bond donors (Lipinski definition) is 2. The highest BCUT2D eigenvalue weighted by Crippen LogP contribution is 2.21. The van der Waals surface area contributed by atoms with E-state index in [1.54, 1.807) is 24.3 Å². The molecule has 0 spiro atoms. The number of hydrogen-bond acceptors (Lipinski definition) is 3. The number of aromatic hydroxyl groups is 1. The van der Waals surface area contributed by atoms with Crippen LogP contribution in [0, 0.1) is 5.82 Å². The van der Waals surface area contributed by atoms with Gasteiger partial charge in [0.15, 0.2) is 11.6 Å². The van der Waals surface area contributed by atoms with Gasteiger partial charge in [-0.15, -0.1) is 0 Å². The van der Waals surface area contributed by atoms with Gasteiger partial charge in [0.2, 0.25) is 0 Å². The fourth-order valence-electron chi connectivity index (χ4n) is 2.08. The SMILES string of the molecule is COc1ccc(NC(C)Cc2ccc(O)cc2)cc1F. The minimum atomic E-state index is -0.380. The Balaban J connectivity index is 1.99. The molecule has 1 atom stereocenters. The van der Waals surface area contributed by atoms with Crippen molar-refractivity contribution in [2.24, 2.45) is 0 Å². The molecule has 0 aromatic heterocycles. The second kappa shape index (κ2) is 6.28. The molecule has 0 bridgehead atoms. The standard InChI is InChI=1S/C16H18FNO2/c1-11(9-12-3-6-14(19)7-4-12)18-13-5-8-16(20-2)15(17)10-13/h3-8,10-11,18-19H,9H2,1-2H3. The van der Waals surface area contributed by atoms with Crippen molar-refractivity contribution in [2.75, 3.05) is 12.4 Å². The number of methoxy groups -OCH3 is 1. The van der Waals surface area contributed by atoms with E-state index in [1.165, 1.54) is 13.2 Å². The highest BCUT2D eigenvalue weighted by Gasteiger charge is 2.07. The molecule has 0 radical (unpaired) electrons. The first-order valence-corrected chi connectivity index (χ1v) is 6.46. The summed E-state index contributed by atoms with van der Waals surface area (Å²) in [6.07, 6.45) is 0.786. The fourth-order valence-corrected chi connectivity index (χ4v) is 2.08. The van der Waals surface area contributed by atoms with Crippen LogP contribution in [0.3, 0.4) is 0 Å². The lowest BCUT2D eigenvalue weighted by Crippen LogP contribution is -2.18. The van der Waals surface area contributed by atoms with Crippen LogP contribution in [0.1, 0.15) is 12.5 Å². The first-order valence-electron chi connectivity index (χ1n) is 6.46. The molecule has 0 amide bonds. The number of ether oxygens (including phenoxy) is 1. The van der Waals surface area contributed by atoms with Crippen molar-refractivity contribution in [3.05, 3.63) is 53.8 Å². The molecule has 3 nitrogen and oxygen atoms in total. The Bertz CT molecular complexity index is 569. The summed E-state index contributed by atoms with van der Waals surface area (Å²) < 4.78 is 18.5. The lowest BCUT2D eigenvalue weighted by molar-refractivity contribution is 0.386. The summed E-state index contributed by atoms with van der Waals surface area (Å²) in [6.45, 7) is 2.02. The molecule has 20 heavy (non-hydrogen) atoms. The van der Waals surface area contributed by atoms with Crippen LogP contribution >= 0.6 is 0 Å². The number of anilines is 1. The quantitative estimate of drug-likeness (QED) is 0.876. The zero-order valence-electron chi connectivity index (χ0n) is 11.6. The molecule has 0 aliphatic rings. The molecule has 0 aliphatic heterocycles. The average molecular weight is 275 g/mol. The summed E-state index contributed by atoms with van der Waals surface area (Å²) in [5.74, 6) is 0.114. The summed E-state index contributed by atoms with van der Waals surface area (Å²) in [5, 5.41) is 12.5. The van der Waals surface area contributed by atoms with Gasteiger partial charge in [-0.3, -0.25) is 0 Å². The van der Waals surface area contributed by atoms with Gasteiger partial charge >= 0.3 is 0 Å². The Morgan fingerprint density at radius 1 is 1.20 bits per heavy atom. The molecule has 0 aliphatic carbocycles. The zero-order valence-corrected chi connectivity index (χ0v) is 11.6. The number of phenolic OH excluding ortho intramolecular Hbond substituents is 1. The Hall–Kier alpha value is -2.23. The lowest BCUT2D eigenvalue weighted by Gasteiger charge is -2.16. The third-order valence-corrected chi connectivity index (χ3v) is 3.04. The Kier molecular flexibility index (Phi) is 4.45. The number of rotatable bonds is 5. The van der Waals surface area contributed by atoms with Gasteiger partial charge in [0.25, 0.3) is 0 Å². The smallest absolute Gasteiger partial charge is 0.167 e. The van der Waals surface area contributed by atoms with Crippen LogP contribution in [0.25, 0.3) is 0 Å². The van der Waals surface area contributed by atoms with Crippen LogP contribution < -0.4 is 10.1 Å². The molecule has 2 aromatic rings. The van der Waals surface area contributed by atoms with Gasteiger partial charge in [0.1, 0.15) is 5.75 Å². The van der Waals surface area contributed by atoms with Crippen molar-refractivity contribution in [1.82, 2.24) is 0 Å². The first kappa shape index (κ1) is 14.2. The summed E-state index contributed by atoms with van der Waals surface area (Å²) >= 11 is 0. The summed E-state index contributed by atoms with van der Waals surface area (Å²) in [6, 6.07) is 12.0. The minimum Gasteiger partial charge on any atom is -0.508 e. The molecule has 0 saturated carbocycles. The predicted octanol–water partition coefficient (Wildman–Crippen LogP) is 3.58.